The van der Waals surface area contributed by atoms with Crippen LogP contribution in [0.2, 0.25) is 0 Å². The molecule has 0 aliphatic heterocycles. The van der Waals surface area contributed by atoms with Gasteiger partial charge in [0, 0.05) is 10.9 Å². The molecular weight excluding hydrogens is 454 g/mol. The lowest BCUT2D eigenvalue weighted by Gasteiger charge is -2.29. The second-order valence-corrected chi connectivity index (χ2v) is 9.08. The lowest BCUT2D eigenvalue weighted by molar-refractivity contribution is -0.276. The molecule has 34 heavy (non-hydrogen) atoms. The first-order valence-corrected chi connectivity index (χ1v) is 11.6. The first kappa shape index (κ1) is 24.4. The molecule has 0 aromatic heterocycles. The number of unbranched alkanes of at least 4 members (excludes halogenated alkanes) is 1. The number of fused-ring (bicyclic) bond motifs is 1. The summed E-state index contributed by atoms with van der Waals surface area (Å²) in [4.78, 5) is 0. The van der Waals surface area contributed by atoms with Crippen LogP contribution in [0.3, 0.4) is 0 Å². The summed E-state index contributed by atoms with van der Waals surface area (Å²) >= 11 is 0. The average molecular weight is 480 g/mol. The molecule has 7 heteroatoms. The van der Waals surface area contributed by atoms with Crippen LogP contribution in [0.15, 0.2) is 42.5 Å². The maximum atomic E-state index is 15.3. The third kappa shape index (κ3) is 5.34. The summed E-state index contributed by atoms with van der Waals surface area (Å²) in [5.41, 5.74) is 0.839. The van der Waals surface area contributed by atoms with E-state index >= 15 is 4.39 Å². The van der Waals surface area contributed by atoms with Gasteiger partial charge >= 0.3 is 6.36 Å². The Bertz CT molecular complexity index is 1140. The SMILES string of the molecule is CCCC[C@H]1CC[C@H](c2ccc3c(F)c(-c4cc(F)c(OC(F)(F)F)c(F)c4)ccc3c2)CC1. The highest BCUT2D eigenvalue weighted by Gasteiger charge is 2.34. The zero-order chi connectivity index (χ0) is 24.5. The van der Waals surface area contributed by atoms with E-state index < -0.39 is 29.6 Å². The van der Waals surface area contributed by atoms with Gasteiger partial charge in [0.05, 0.1) is 0 Å². The summed E-state index contributed by atoms with van der Waals surface area (Å²) in [5, 5.41) is 0.958. The second-order valence-electron chi connectivity index (χ2n) is 9.08. The Hall–Kier alpha value is -2.70. The number of hydrogen-bond donors (Lipinski definition) is 0. The molecule has 1 aliphatic carbocycles. The van der Waals surface area contributed by atoms with Crippen LogP contribution in [0, 0.1) is 23.4 Å². The number of alkyl halides is 3. The molecule has 0 N–H and O–H groups in total. The predicted octanol–water partition coefficient (Wildman–Crippen LogP) is 9.29. The van der Waals surface area contributed by atoms with Crippen molar-refractivity contribution in [3.05, 3.63) is 65.5 Å². The molecule has 0 saturated heterocycles. The van der Waals surface area contributed by atoms with Crippen molar-refractivity contribution in [1.29, 1.82) is 0 Å². The lowest BCUT2D eigenvalue weighted by Crippen LogP contribution is -2.19. The zero-order valence-electron chi connectivity index (χ0n) is 18.8. The van der Waals surface area contributed by atoms with Gasteiger partial charge < -0.3 is 4.74 Å². The van der Waals surface area contributed by atoms with E-state index in [1.54, 1.807) is 12.1 Å². The third-order valence-electron chi connectivity index (χ3n) is 6.79. The Morgan fingerprint density at radius 1 is 0.882 bits per heavy atom. The van der Waals surface area contributed by atoms with E-state index in [2.05, 4.69) is 11.7 Å². The van der Waals surface area contributed by atoms with Crippen LogP contribution in [-0.2, 0) is 0 Å². The van der Waals surface area contributed by atoms with E-state index in [9.17, 15) is 22.0 Å². The van der Waals surface area contributed by atoms with Crippen LogP contribution < -0.4 is 4.74 Å². The minimum absolute atomic E-state index is 0.104. The lowest BCUT2D eigenvalue weighted by atomic mass is 9.77. The number of ether oxygens (including phenoxy) is 1. The smallest absolute Gasteiger partial charge is 0.399 e. The molecule has 1 saturated carbocycles. The second kappa shape index (κ2) is 9.88. The fourth-order valence-electron chi connectivity index (χ4n) is 4.99. The molecule has 0 amide bonds. The van der Waals surface area contributed by atoms with E-state index in [1.165, 1.54) is 38.2 Å². The van der Waals surface area contributed by atoms with Crippen LogP contribution in [0.25, 0.3) is 21.9 Å². The fraction of sp³-hybridized carbons (Fsp3) is 0.407. The molecular formula is C27H26F6O. The van der Waals surface area contributed by atoms with Gasteiger partial charge in [-0.15, -0.1) is 13.2 Å². The van der Waals surface area contributed by atoms with Gasteiger partial charge in [0.1, 0.15) is 5.82 Å². The number of hydrogen-bond acceptors (Lipinski definition) is 1. The highest BCUT2D eigenvalue weighted by molar-refractivity contribution is 5.89. The quantitative estimate of drug-likeness (QED) is 0.320. The molecule has 1 nitrogen and oxygen atoms in total. The van der Waals surface area contributed by atoms with Crippen LogP contribution in [-0.4, -0.2) is 6.36 Å². The summed E-state index contributed by atoms with van der Waals surface area (Å²) in [5.74, 6) is -4.16. The highest BCUT2D eigenvalue weighted by atomic mass is 19.4. The van der Waals surface area contributed by atoms with Gasteiger partial charge in [-0.2, -0.15) is 0 Å². The molecule has 3 aromatic rings. The van der Waals surface area contributed by atoms with Crippen molar-refractivity contribution in [3.8, 4) is 16.9 Å². The molecule has 0 unspecified atom stereocenters. The predicted molar refractivity (Wildman–Crippen MR) is 120 cm³/mol. The van der Waals surface area contributed by atoms with Gasteiger partial charge in [0.25, 0.3) is 0 Å². The van der Waals surface area contributed by atoms with E-state index in [0.29, 0.717) is 23.4 Å². The van der Waals surface area contributed by atoms with E-state index in [4.69, 9.17) is 0 Å². The summed E-state index contributed by atoms with van der Waals surface area (Å²) in [7, 11) is 0. The summed E-state index contributed by atoms with van der Waals surface area (Å²) in [6.07, 6.45) is 3.10. The van der Waals surface area contributed by atoms with Gasteiger partial charge in [-0.3, -0.25) is 0 Å². The van der Waals surface area contributed by atoms with Crippen molar-refractivity contribution < 1.29 is 31.1 Å². The first-order chi connectivity index (χ1) is 16.2. The molecule has 0 heterocycles. The number of benzene rings is 3. The topological polar surface area (TPSA) is 9.23 Å². The molecule has 4 rings (SSSR count). The molecule has 1 aliphatic rings. The monoisotopic (exact) mass is 480 g/mol. The summed E-state index contributed by atoms with van der Waals surface area (Å²) < 4.78 is 84.1. The van der Waals surface area contributed by atoms with Crippen molar-refractivity contribution >= 4 is 10.8 Å². The van der Waals surface area contributed by atoms with E-state index in [-0.39, 0.29) is 16.5 Å². The van der Waals surface area contributed by atoms with Gasteiger partial charge in [0.15, 0.2) is 11.6 Å². The van der Waals surface area contributed by atoms with E-state index in [1.807, 2.05) is 12.1 Å². The maximum absolute atomic E-state index is 15.3. The molecule has 0 bridgehead atoms. The Morgan fingerprint density at radius 2 is 1.56 bits per heavy atom. The van der Waals surface area contributed by atoms with Crippen LogP contribution in [0.1, 0.15) is 63.4 Å². The summed E-state index contributed by atoms with van der Waals surface area (Å²) in [6, 6.07) is 9.86. The minimum Gasteiger partial charge on any atom is -0.399 e. The molecule has 0 radical (unpaired) electrons. The van der Waals surface area contributed by atoms with Crippen LogP contribution >= 0.6 is 0 Å². The molecule has 1 fully saturated rings. The third-order valence-corrected chi connectivity index (χ3v) is 6.79. The summed E-state index contributed by atoms with van der Waals surface area (Å²) in [6.45, 7) is 2.20. The number of rotatable bonds is 6. The van der Waals surface area contributed by atoms with Gasteiger partial charge in [0.2, 0.25) is 5.75 Å². The minimum atomic E-state index is -5.25. The zero-order valence-corrected chi connectivity index (χ0v) is 18.8. The van der Waals surface area contributed by atoms with Crippen molar-refractivity contribution in [3.63, 3.8) is 0 Å². The number of halogens is 6. The molecule has 3 aromatic carbocycles. The Labute approximate surface area is 194 Å². The van der Waals surface area contributed by atoms with Gasteiger partial charge in [-0.25, -0.2) is 13.2 Å². The first-order valence-electron chi connectivity index (χ1n) is 11.6. The van der Waals surface area contributed by atoms with Crippen LogP contribution in [0.5, 0.6) is 5.75 Å². The fourth-order valence-corrected chi connectivity index (χ4v) is 4.99. The largest absolute Gasteiger partial charge is 0.573 e. The van der Waals surface area contributed by atoms with Crippen molar-refractivity contribution in [1.82, 2.24) is 0 Å². The Balaban J connectivity index is 1.58. The van der Waals surface area contributed by atoms with Crippen LogP contribution in [0.4, 0.5) is 26.3 Å². The standard InChI is InChI=1S/C27H26F6O/c1-2-3-4-16-5-7-17(8-6-16)18-9-11-21-19(13-18)10-12-22(25(21)30)20-14-23(28)26(24(29)15-20)34-27(31,32)33/h9-17H,2-8H2,1H3/t16-,17-. The normalized spacial score (nSPS) is 18.9. The van der Waals surface area contributed by atoms with Gasteiger partial charge in [-0.05, 0) is 66.2 Å². The highest BCUT2D eigenvalue weighted by Crippen LogP contribution is 2.40. The van der Waals surface area contributed by atoms with Crippen molar-refractivity contribution in [2.75, 3.05) is 0 Å². The Kier molecular flexibility index (Phi) is 7.10. The Morgan fingerprint density at radius 3 is 2.18 bits per heavy atom. The average Bonchev–Trinajstić information content (AvgIpc) is 2.80. The van der Waals surface area contributed by atoms with E-state index in [0.717, 1.165) is 24.3 Å². The molecule has 182 valence electrons. The maximum Gasteiger partial charge on any atom is 0.573 e. The molecule has 0 atom stereocenters. The van der Waals surface area contributed by atoms with Gasteiger partial charge in [-0.1, -0.05) is 56.5 Å². The van der Waals surface area contributed by atoms with Crippen molar-refractivity contribution in [2.45, 2.75) is 64.1 Å². The van der Waals surface area contributed by atoms with Crippen molar-refractivity contribution in [2.24, 2.45) is 5.92 Å². The molecule has 0 spiro atoms.